The maximum atomic E-state index is 13.5. The number of carbonyl (C=O) groups excluding carboxylic acids is 1. The van der Waals surface area contributed by atoms with Gasteiger partial charge < -0.3 is 30.7 Å². The molecular weight excluding hydrogens is 495 g/mol. The molecule has 0 unspecified atom stereocenters. The topological polar surface area (TPSA) is 102 Å². The third-order valence-corrected chi connectivity index (χ3v) is 7.39. The fraction of sp³-hybridized carbons (Fsp3) is 0.636. The molecule has 2 aliphatic rings. The number of rotatable bonds is 9. The number of carbonyl (C=O) groups is 1. The first kappa shape index (κ1) is 26.4. The zero-order valence-corrected chi connectivity index (χ0v) is 21.5. The molecule has 0 bridgehead atoms. The Morgan fingerprint density at radius 3 is 2.50 bits per heavy atom. The van der Waals surface area contributed by atoms with E-state index in [1.54, 1.807) is 0 Å². The van der Waals surface area contributed by atoms with Crippen LogP contribution in [-0.2, 0) is 11.0 Å². The molecule has 2 fully saturated rings. The van der Waals surface area contributed by atoms with Gasteiger partial charge in [-0.2, -0.15) is 18.2 Å². The molecule has 4 heterocycles. The van der Waals surface area contributed by atoms with Crippen molar-refractivity contribution in [1.82, 2.24) is 30.1 Å². The Bertz CT molecular complexity index is 1050. The van der Waals surface area contributed by atoms with Crippen molar-refractivity contribution in [3.05, 3.63) is 17.5 Å². The molecule has 0 atom stereocenters. The van der Waals surface area contributed by atoms with Gasteiger partial charge in [-0.25, -0.2) is 9.97 Å². The Hall–Kier alpha value is -2.71. The number of amides is 1. The fourth-order valence-corrected chi connectivity index (χ4v) is 5.05. The number of likely N-dealkylation sites (tertiary alicyclic amines) is 1. The van der Waals surface area contributed by atoms with Gasteiger partial charge >= 0.3 is 6.18 Å². The number of aromatic nitrogens is 3. The van der Waals surface area contributed by atoms with E-state index in [1.807, 2.05) is 18.9 Å². The van der Waals surface area contributed by atoms with Crippen molar-refractivity contribution in [3.8, 4) is 0 Å². The summed E-state index contributed by atoms with van der Waals surface area (Å²) in [6.07, 6.45) is -3.36. The second-order valence-electron chi connectivity index (χ2n) is 9.27. The molecule has 10 nitrogen and oxygen atoms in total. The summed E-state index contributed by atoms with van der Waals surface area (Å²) < 4.78 is 40.6. The Morgan fingerprint density at radius 2 is 1.83 bits per heavy atom. The van der Waals surface area contributed by atoms with E-state index in [1.165, 1.54) is 11.3 Å². The van der Waals surface area contributed by atoms with Gasteiger partial charge in [-0.1, -0.05) is 11.3 Å². The lowest BCUT2D eigenvalue weighted by Crippen LogP contribution is -2.51. The molecule has 0 radical (unpaired) electrons. The van der Waals surface area contributed by atoms with Crippen molar-refractivity contribution < 1.29 is 18.0 Å². The van der Waals surface area contributed by atoms with E-state index in [4.69, 9.17) is 0 Å². The number of hydrogen-bond acceptors (Lipinski definition) is 10. The molecule has 198 valence electrons. The van der Waals surface area contributed by atoms with Gasteiger partial charge in [0.05, 0.1) is 11.6 Å². The van der Waals surface area contributed by atoms with Gasteiger partial charge in [-0.05, 0) is 27.4 Å². The highest BCUT2D eigenvalue weighted by atomic mass is 32.1. The van der Waals surface area contributed by atoms with Gasteiger partial charge in [0.25, 0.3) is 0 Å². The van der Waals surface area contributed by atoms with Crippen molar-refractivity contribution >= 4 is 39.1 Å². The minimum absolute atomic E-state index is 0.0118. The van der Waals surface area contributed by atoms with Crippen molar-refractivity contribution in [1.29, 1.82) is 0 Å². The highest BCUT2D eigenvalue weighted by Crippen LogP contribution is 2.36. The average Bonchev–Trinajstić information content (AvgIpc) is 3.16. The number of anilines is 4. The fourth-order valence-electron chi connectivity index (χ4n) is 4.03. The Labute approximate surface area is 212 Å². The first-order valence-electron chi connectivity index (χ1n) is 11.9. The number of aryl methyl sites for hydroxylation is 1. The number of nitrogens with one attached hydrogen (secondary N) is 3. The SMILES string of the molecule is Cc1nc(N2CCN(C)CC2)sc1Nc1ncc(C(F)(F)F)c(NCCCNC(=O)C2CN(C)C2)n1. The highest BCUT2D eigenvalue weighted by Gasteiger charge is 2.35. The molecule has 0 saturated carbocycles. The predicted octanol–water partition coefficient (Wildman–Crippen LogP) is 2.24. The highest BCUT2D eigenvalue weighted by molar-refractivity contribution is 7.19. The van der Waals surface area contributed by atoms with Crippen molar-refractivity contribution in [2.75, 3.05) is 82.0 Å². The summed E-state index contributed by atoms with van der Waals surface area (Å²) in [7, 11) is 4.02. The predicted molar refractivity (Wildman–Crippen MR) is 134 cm³/mol. The summed E-state index contributed by atoms with van der Waals surface area (Å²) in [5, 5.41) is 10.2. The molecular formula is C22H32F3N9OS. The molecule has 4 rings (SSSR count). The summed E-state index contributed by atoms with van der Waals surface area (Å²) in [5.41, 5.74) is -0.200. The smallest absolute Gasteiger partial charge is 0.369 e. The van der Waals surface area contributed by atoms with E-state index < -0.39 is 11.7 Å². The summed E-state index contributed by atoms with van der Waals surface area (Å²) >= 11 is 1.43. The lowest BCUT2D eigenvalue weighted by molar-refractivity contribution is -0.137. The quantitative estimate of drug-likeness (QED) is 0.424. The second kappa shape index (κ2) is 11.1. The number of thiazole rings is 1. The average molecular weight is 528 g/mol. The third kappa shape index (κ3) is 6.53. The molecule has 36 heavy (non-hydrogen) atoms. The van der Waals surface area contributed by atoms with Crippen LogP contribution < -0.4 is 20.9 Å². The maximum Gasteiger partial charge on any atom is 0.421 e. The van der Waals surface area contributed by atoms with Crippen LogP contribution in [0.2, 0.25) is 0 Å². The molecule has 14 heteroatoms. The van der Waals surface area contributed by atoms with E-state index in [0.717, 1.165) is 56.3 Å². The van der Waals surface area contributed by atoms with Crippen LogP contribution in [0, 0.1) is 12.8 Å². The van der Waals surface area contributed by atoms with E-state index in [9.17, 15) is 18.0 Å². The molecule has 0 aliphatic carbocycles. The van der Waals surface area contributed by atoms with Crippen molar-refractivity contribution in [3.63, 3.8) is 0 Å². The van der Waals surface area contributed by atoms with Gasteiger partial charge in [-0.3, -0.25) is 4.79 Å². The Morgan fingerprint density at radius 1 is 1.11 bits per heavy atom. The molecule has 2 saturated heterocycles. The normalized spacial score (nSPS) is 17.7. The summed E-state index contributed by atoms with van der Waals surface area (Å²) in [5.74, 6) is -0.270. The van der Waals surface area contributed by atoms with Crippen LogP contribution in [0.3, 0.4) is 0 Å². The molecule has 0 aromatic carbocycles. The van der Waals surface area contributed by atoms with Crippen LogP contribution in [0.4, 0.5) is 35.1 Å². The van der Waals surface area contributed by atoms with E-state index in [-0.39, 0.29) is 30.1 Å². The second-order valence-corrected chi connectivity index (χ2v) is 10.2. The van der Waals surface area contributed by atoms with Crippen LogP contribution in [0.5, 0.6) is 0 Å². The molecule has 3 N–H and O–H groups in total. The molecule has 1 amide bonds. The summed E-state index contributed by atoms with van der Waals surface area (Å²) in [6.45, 7) is 7.52. The van der Waals surface area contributed by atoms with Gasteiger partial charge in [-0.15, -0.1) is 0 Å². The monoisotopic (exact) mass is 527 g/mol. The zero-order chi connectivity index (χ0) is 25.9. The minimum atomic E-state index is -4.60. The lowest BCUT2D eigenvalue weighted by Gasteiger charge is -2.34. The first-order chi connectivity index (χ1) is 17.1. The number of likely N-dealkylation sites (N-methyl/N-ethyl adjacent to an activating group) is 1. The molecule has 0 spiro atoms. The van der Waals surface area contributed by atoms with E-state index in [0.29, 0.717) is 18.0 Å². The van der Waals surface area contributed by atoms with E-state index in [2.05, 4.69) is 47.7 Å². The molecule has 2 aromatic rings. The molecule has 2 aliphatic heterocycles. The first-order valence-corrected chi connectivity index (χ1v) is 12.7. The van der Waals surface area contributed by atoms with Crippen LogP contribution in [-0.4, -0.2) is 97.1 Å². The third-order valence-electron chi connectivity index (χ3n) is 6.26. The van der Waals surface area contributed by atoms with Crippen LogP contribution in [0.1, 0.15) is 17.7 Å². The van der Waals surface area contributed by atoms with Crippen molar-refractivity contribution in [2.45, 2.75) is 19.5 Å². The number of halogens is 3. The number of hydrogen-bond donors (Lipinski definition) is 3. The van der Waals surface area contributed by atoms with E-state index >= 15 is 0 Å². The summed E-state index contributed by atoms with van der Waals surface area (Å²) in [4.78, 5) is 31.1. The molecule has 2 aromatic heterocycles. The van der Waals surface area contributed by atoms with Gasteiger partial charge in [0.2, 0.25) is 11.9 Å². The zero-order valence-electron chi connectivity index (χ0n) is 20.7. The van der Waals surface area contributed by atoms with Gasteiger partial charge in [0, 0.05) is 58.6 Å². The standard InChI is InChI=1S/C22H32F3N9OS/c1-14-19(36-21(29-14)34-9-7-32(2)8-10-34)31-20-28-11-16(22(23,24)25)17(30-20)26-5-4-6-27-18(35)15-12-33(3)13-15/h11,15H,4-10,12-13H2,1-3H3,(H,27,35)(H2,26,28,30,31). The van der Waals surface area contributed by atoms with Crippen LogP contribution >= 0.6 is 11.3 Å². The maximum absolute atomic E-state index is 13.5. The number of alkyl halides is 3. The Balaban J connectivity index is 1.36. The number of piperazine rings is 1. The number of nitrogens with zero attached hydrogens (tertiary/aromatic N) is 6. The minimum Gasteiger partial charge on any atom is -0.369 e. The largest absolute Gasteiger partial charge is 0.421 e. The van der Waals surface area contributed by atoms with Gasteiger partial charge in [0.1, 0.15) is 16.4 Å². The lowest BCUT2D eigenvalue weighted by atomic mass is 10.0. The Kier molecular flexibility index (Phi) is 8.15. The van der Waals surface area contributed by atoms with Crippen molar-refractivity contribution in [2.24, 2.45) is 5.92 Å². The van der Waals surface area contributed by atoms with Crippen LogP contribution in [0.25, 0.3) is 0 Å². The van der Waals surface area contributed by atoms with Gasteiger partial charge in [0.15, 0.2) is 5.13 Å². The van der Waals surface area contributed by atoms with Crippen LogP contribution in [0.15, 0.2) is 6.20 Å². The summed E-state index contributed by atoms with van der Waals surface area (Å²) in [6, 6.07) is 0.